The van der Waals surface area contributed by atoms with E-state index >= 15 is 0 Å². The molecule has 3 nitrogen and oxygen atoms in total. The van der Waals surface area contributed by atoms with Crippen molar-refractivity contribution in [3.8, 4) is 0 Å². The van der Waals surface area contributed by atoms with Crippen molar-refractivity contribution >= 4 is 11.3 Å². The molecule has 4 heteroatoms. The van der Waals surface area contributed by atoms with Crippen molar-refractivity contribution in [1.29, 1.82) is 0 Å². The topological polar surface area (TPSA) is 28.2 Å². The van der Waals surface area contributed by atoms with E-state index in [4.69, 9.17) is 0 Å². The smallest absolute Gasteiger partial charge is 0.0900 e. The van der Waals surface area contributed by atoms with Gasteiger partial charge < -0.3 is 5.32 Å². The molecule has 3 unspecified atom stereocenters. The van der Waals surface area contributed by atoms with E-state index in [-0.39, 0.29) is 0 Å². The first-order valence-corrected chi connectivity index (χ1v) is 8.88. The predicted molar refractivity (Wildman–Crippen MR) is 85.3 cm³/mol. The third-order valence-corrected chi connectivity index (χ3v) is 6.27. The van der Waals surface area contributed by atoms with Crippen molar-refractivity contribution in [3.63, 3.8) is 0 Å². The van der Waals surface area contributed by atoms with Crippen LogP contribution in [-0.2, 0) is 0 Å². The van der Waals surface area contributed by atoms with E-state index in [0.717, 1.165) is 12.0 Å². The Balaban J connectivity index is 1.68. The number of hydrogen-bond donors (Lipinski definition) is 1. The van der Waals surface area contributed by atoms with Gasteiger partial charge in [0, 0.05) is 23.5 Å². The molecule has 2 aliphatic rings. The van der Waals surface area contributed by atoms with Crippen molar-refractivity contribution in [3.05, 3.63) is 15.6 Å². The molecule has 3 rings (SSSR count). The van der Waals surface area contributed by atoms with Crippen molar-refractivity contribution in [1.82, 2.24) is 15.2 Å². The highest BCUT2D eigenvalue weighted by molar-refractivity contribution is 7.11. The predicted octanol–water partition coefficient (Wildman–Crippen LogP) is 3.28. The molecule has 3 heterocycles. The lowest BCUT2D eigenvalue weighted by molar-refractivity contribution is 0.116. The molecule has 2 aliphatic heterocycles. The van der Waals surface area contributed by atoms with Crippen LogP contribution < -0.4 is 5.32 Å². The second-order valence-corrected chi connectivity index (χ2v) is 7.69. The van der Waals surface area contributed by atoms with E-state index in [9.17, 15) is 0 Å². The number of likely N-dealkylation sites (tertiary alicyclic amines) is 1. The van der Waals surface area contributed by atoms with Crippen molar-refractivity contribution < 1.29 is 0 Å². The number of piperidine rings is 1. The quantitative estimate of drug-likeness (QED) is 0.927. The van der Waals surface area contributed by atoms with Gasteiger partial charge in [-0.05, 0) is 65.5 Å². The van der Waals surface area contributed by atoms with Crippen LogP contribution in [0.3, 0.4) is 0 Å². The van der Waals surface area contributed by atoms with Gasteiger partial charge in [-0.25, -0.2) is 4.98 Å². The summed E-state index contributed by atoms with van der Waals surface area (Å²) in [6.45, 7) is 10.4. The van der Waals surface area contributed by atoms with Gasteiger partial charge in [0.25, 0.3) is 0 Å². The largest absolute Gasteiger partial charge is 0.314 e. The number of aryl methyl sites for hydroxylation is 2. The fourth-order valence-corrected chi connectivity index (χ4v) is 4.95. The van der Waals surface area contributed by atoms with Crippen LogP contribution >= 0.6 is 11.3 Å². The molecule has 2 fully saturated rings. The average molecular weight is 293 g/mol. The van der Waals surface area contributed by atoms with Gasteiger partial charge in [-0.1, -0.05) is 0 Å². The van der Waals surface area contributed by atoms with E-state index < -0.39 is 0 Å². The number of hydrogen-bond acceptors (Lipinski definition) is 4. The second-order valence-electron chi connectivity index (χ2n) is 6.46. The van der Waals surface area contributed by atoms with Gasteiger partial charge in [0.15, 0.2) is 0 Å². The molecule has 1 aromatic heterocycles. The second kappa shape index (κ2) is 6.12. The average Bonchev–Trinajstić information content (AvgIpc) is 3.08. The molecular formula is C16H27N3S. The number of aromatic nitrogens is 1. The molecule has 0 bridgehead atoms. The SMILES string of the molecule is Cc1nc(C)c(C(C)N2CCCC(C3CCCN3)C2)s1. The molecule has 0 radical (unpaired) electrons. The molecular weight excluding hydrogens is 266 g/mol. The molecule has 112 valence electrons. The maximum atomic E-state index is 4.60. The summed E-state index contributed by atoms with van der Waals surface area (Å²) in [5, 5.41) is 4.91. The molecule has 0 spiro atoms. The lowest BCUT2D eigenvalue weighted by Gasteiger charge is -2.39. The molecule has 1 aromatic rings. The first kappa shape index (κ1) is 14.5. The Bertz CT molecular complexity index is 451. The zero-order valence-corrected chi connectivity index (χ0v) is 13.8. The van der Waals surface area contributed by atoms with Gasteiger partial charge in [-0.3, -0.25) is 4.90 Å². The third kappa shape index (κ3) is 2.92. The van der Waals surface area contributed by atoms with Crippen LogP contribution in [0.5, 0.6) is 0 Å². The van der Waals surface area contributed by atoms with Gasteiger partial charge in [0.05, 0.1) is 10.7 Å². The van der Waals surface area contributed by atoms with Gasteiger partial charge in [-0.2, -0.15) is 0 Å². The van der Waals surface area contributed by atoms with E-state index in [1.807, 2.05) is 11.3 Å². The summed E-state index contributed by atoms with van der Waals surface area (Å²) in [5.41, 5.74) is 1.24. The van der Waals surface area contributed by atoms with Crippen LogP contribution in [0, 0.1) is 19.8 Å². The normalized spacial score (nSPS) is 29.8. The summed E-state index contributed by atoms with van der Waals surface area (Å²) in [7, 11) is 0. The maximum absolute atomic E-state index is 4.60. The zero-order chi connectivity index (χ0) is 14.1. The van der Waals surface area contributed by atoms with Crippen LogP contribution in [0.4, 0.5) is 0 Å². The first-order valence-electron chi connectivity index (χ1n) is 8.06. The summed E-state index contributed by atoms with van der Waals surface area (Å²) >= 11 is 1.88. The van der Waals surface area contributed by atoms with Gasteiger partial charge in [0.2, 0.25) is 0 Å². The molecule has 3 atom stereocenters. The van der Waals surface area contributed by atoms with E-state index in [1.165, 1.54) is 60.9 Å². The Morgan fingerprint density at radius 3 is 2.80 bits per heavy atom. The molecule has 0 aromatic carbocycles. The monoisotopic (exact) mass is 293 g/mol. The van der Waals surface area contributed by atoms with Crippen molar-refractivity contribution in [2.75, 3.05) is 19.6 Å². The number of nitrogens with zero attached hydrogens (tertiary/aromatic N) is 2. The van der Waals surface area contributed by atoms with Gasteiger partial charge in [-0.15, -0.1) is 11.3 Å². The molecule has 20 heavy (non-hydrogen) atoms. The number of rotatable bonds is 3. The molecule has 0 aliphatic carbocycles. The van der Waals surface area contributed by atoms with Crippen molar-refractivity contribution in [2.45, 2.75) is 58.5 Å². The minimum atomic E-state index is 0.533. The van der Waals surface area contributed by atoms with Crippen molar-refractivity contribution in [2.24, 2.45) is 5.92 Å². The fourth-order valence-electron chi connectivity index (χ4n) is 3.93. The molecule has 0 saturated carbocycles. The van der Waals surface area contributed by atoms with E-state index in [1.54, 1.807) is 0 Å². The Morgan fingerprint density at radius 1 is 1.30 bits per heavy atom. The number of thiazole rings is 1. The summed E-state index contributed by atoms with van der Waals surface area (Å²) in [4.78, 5) is 8.77. The zero-order valence-electron chi connectivity index (χ0n) is 13.0. The summed E-state index contributed by atoms with van der Waals surface area (Å²) < 4.78 is 0. The van der Waals surface area contributed by atoms with E-state index in [0.29, 0.717) is 6.04 Å². The Labute approximate surface area is 126 Å². The van der Waals surface area contributed by atoms with Crippen LogP contribution in [0.1, 0.15) is 54.2 Å². The van der Waals surface area contributed by atoms with Crippen LogP contribution in [0.25, 0.3) is 0 Å². The molecule has 0 amide bonds. The Morgan fingerprint density at radius 2 is 2.15 bits per heavy atom. The minimum Gasteiger partial charge on any atom is -0.314 e. The lowest BCUT2D eigenvalue weighted by atomic mass is 9.89. The van der Waals surface area contributed by atoms with Gasteiger partial charge >= 0.3 is 0 Å². The van der Waals surface area contributed by atoms with Crippen LogP contribution in [0.15, 0.2) is 0 Å². The van der Waals surface area contributed by atoms with Crippen LogP contribution in [0.2, 0.25) is 0 Å². The highest BCUT2D eigenvalue weighted by Gasteiger charge is 2.31. The summed E-state index contributed by atoms with van der Waals surface area (Å²) in [6, 6.07) is 1.31. The lowest BCUT2D eigenvalue weighted by Crippen LogP contribution is -2.44. The van der Waals surface area contributed by atoms with Crippen LogP contribution in [-0.4, -0.2) is 35.6 Å². The first-order chi connectivity index (χ1) is 9.65. The Hall–Kier alpha value is -0.450. The number of nitrogens with one attached hydrogen (secondary N) is 1. The highest BCUT2D eigenvalue weighted by atomic mass is 32.1. The highest BCUT2D eigenvalue weighted by Crippen LogP contribution is 2.33. The summed E-state index contributed by atoms with van der Waals surface area (Å²) in [5.74, 6) is 0.850. The third-order valence-electron chi connectivity index (χ3n) is 5.02. The fraction of sp³-hybridized carbons (Fsp3) is 0.812. The molecule has 1 N–H and O–H groups in total. The Kier molecular flexibility index (Phi) is 4.43. The summed E-state index contributed by atoms with van der Waals surface area (Å²) in [6.07, 6.45) is 5.50. The standard InChI is InChI=1S/C16H27N3S/c1-11-16(20-13(3)18-11)12(2)19-9-5-6-14(10-19)15-7-4-8-17-15/h12,14-15,17H,4-10H2,1-3H3. The molecule has 2 saturated heterocycles. The van der Waals surface area contributed by atoms with E-state index in [2.05, 4.69) is 36.0 Å². The van der Waals surface area contributed by atoms with Gasteiger partial charge in [0.1, 0.15) is 0 Å². The minimum absolute atomic E-state index is 0.533. The maximum Gasteiger partial charge on any atom is 0.0900 e.